The van der Waals surface area contributed by atoms with Gasteiger partial charge in [0, 0.05) is 6.54 Å². The summed E-state index contributed by atoms with van der Waals surface area (Å²) in [5.41, 5.74) is 0. The van der Waals surface area contributed by atoms with Crippen molar-refractivity contribution in [3.8, 4) is 0 Å². The number of hydrogen-bond acceptors (Lipinski definition) is 5. The van der Waals surface area contributed by atoms with Crippen LogP contribution in [0.15, 0.2) is 5.16 Å². The number of nitrogens with one attached hydrogen (secondary N) is 1. The van der Waals surface area contributed by atoms with E-state index in [4.69, 9.17) is 5.84 Å². The summed E-state index contributed by atoms with van der Waals surface area (Å²) < 4.78 is 37.6. The lowest BCUT2D eigenvalue weighted by Gasteiger charge is -2.06. The van der Waals surface area contributed by atoms with Gasteiger partial charge in [-0.3, -0.25) is 4.79 Å². The second-order valence-corrected chi connectivity index (χ2v) is 4.96. The van der Waals surface area contributed by atoms with Crippen LogP contribution in [-0.4, -0.2) is 33.1 Å². The van der Waals surface area contributed by atoms with Gasteiger partial charge in [0.25, 0.3) is 5.82 Å². The first-order chi connectivity index (χ1) is 9.36. The second kappa shape index (κ2) is 7.36. The molecule has 10 heteroatoms. The maximum Gasteiger partial charge on any atom is 0.453 e. The molecule has 6 nitrogen and oxygen atoms in total. The summed E-state index contributed by atoms with van der Waals surface area (Å²) in [6, 6.07) is 0. The summed E-state index contributed by atoms with van der Waals surface area (Å²) in [5, 5.41) is 8.79. The van der Waals surface area contributed by atoms with E-state index in [1.54, 1.807) is 0 Å². The molecule has 20 heavy (non-hydrogen) atoms. The van der Waals surface area contributed by atoms with Crippen molar-refractivity contribution >= 4 is 17.7 Å². The topological polar surface area (TPSA) is 85.8 Å². The maximum atomic E-state index is 12.4. The number of nitrogens with zero attached hydrogens (tertiary/aromatic N) is 3. The van der Waals surface area contributed by atoms with E-state index in [1.807, 2.05) is 6.92 Å². The van der Waals surface area contributed by atoms with Crippen molar-refractivity contribution in [1.82, 2.24) is 20.2 Å². The van der Waals surface area contributed by atoms with E-state index in [0.29, 0.717) is 11.2 Å². The lowest BCUT2D eigenvalue weighted by molar-refractivity contribution is -0.146. The van der Waals surface area contributed by atoms with Crippen LogP contribution in [0.2, 0.25) is 0 Å². The summed E-state index contributed by atoms with van der Waals surface area (Å²) in [6.07, 6.45) is -1.73. The number of amides is 1. The van der Waals surface area contributed by atoms with Gasteiger partial charge in [0.1, 0.15) is 0 Å². The number of hydrogen-bond donors (Lipinski definition) is 2. The number of carbonyl (C=O) groups excluding carboxylic acids is 1. The Kier molecular flexibility index (Phi) is 6.11. The zero-order chi connectivity index (χ0) is 15.2. The van der Waals surface area contributed by atoms with Gasteiger partial charge in [0.2, 0.25) is 11.1 Å². The average molecular weight is 311 g/mol. The average Bonchev–Trinajstić information content (AvgIpc) is 2.73. The van der Waals surface area contributed by atoms with E-state index in [1.165, 1.54) is 0 Å². The quantitative estimate of drug-likeness (QED) is 0.452. The molecule has 3 N–H and O–H groups in total. The van der Waals surface area contributed by atoms with Crippen molar-refractivity contribution in [2.45, 2.75) is 37.5 Å². The Morgan fingerprint density at radius 3 is 2.65 bits per heavy atom. The molecule has 0 saturated heterocycles. The first-order valence-electron chi connectivity index (χ1n) is 6.03. The van der Waals surface area contributed by atoms with Crippen molar-refractivity contribution in [2.24, 2.45) is 0 Å². The molecule has 1 heterocycles. The molecule has 0 saturated carbocycles. The van der Waals surface area contributed by atoms with Crippen LogP contribution in [0.25, 0.3) is 0 Å². The highest BCUT2D eigenvalue weighted by molar-refractivity contribution is 7.99. The number of rotatable bonds is 7. The minimum absolute atomic E-state index is 0.0562. The first kappa shape index (κ1) is 16.6. The highest BCUT2D eigenvalue weighted by Crippen LogP contribution is 2.28. The standard InChI is InChI=1S/C10H16F3N5OS/c1-2-3-4-5-15-7(19)6-20-9-17-16-8(18(9)14)10(11,12)13/h2-6,14H2,1H3,(H,15,19). The van der Waals surface area contributed by atoms with Gasteiger partial charge in [0.05, 0.1) is 5.75 Å². The van der Waals surface area contributed by atoms with E-state index in [-0.39, 0.29) is 16.8 Å². The van der Waals surface area contributed by atoms with Crippen LogP contribution in [0.5, 0.6) is 0 Å². The molecule has 0 aliphatic carbocycles. The third-order valence-electron chi connectivity index (χ3n) is 2.35. The Morgan fingerprint density at radius 1 is 1.40 bits per heavy atom. The SMILES string of the molecule is CCCCCNC(=O)CSc1nnc(C(F)(F)F)n1N. The number of nitrogens with two attached hydrogens (primary N) is 1. The zero-order valence-corrected chi connectivity index (χ0v) is 11.7. The van der Waals surface area contributed by atoms with Crippen molar-refractivity contribution in [3.05, 3.63) is 5.82 Å². The molecule has 1 amide bonds. The van der Waals surface area contributed by atoms with E-state index in [0.717, 1.165) is 31.0 Å². The fraction of sp³-hybridized carbons (Fsp3) is 0.700. The molecule has 0 radical (unpaired) electrons. The largest absolute Gasteiger partial charge is 0.453 e. The van der Waals surface area contributed by atoms with Crippen LogP contribution in [0, 0.1) is 0 Å². The Labute approximate surface area is 118 Å². The van der Waals surface area contributed by atoms with Gasteiger partial charge in [-0.1, -0.05) is 31.5 Å². The number of thioether (sulfide) groups is 1. The lowest BCUT2D eigenvalue weighted by atomic mass is 10.2. The molecule has 114 valence electrons. The molecule has 0 spiro atoms. The molecule has 0 unspecified atom stereocenters. The van der Waals surface area contributed by atoms with Crippen molar-refractivity contribution in [1.29, 1.82) is 0 Å². The lowest BCUT2D eigenvalue weighted by Crippen LogP contribution is -2.26. The summed E-state index contributed by atoms with van der Waals surface area (Å²) >= 11 is 0.808. The Hall–Kier alpha value is -1.45. The molecule has 1 aromatic rings. The van der Waals surface area contributed by atoms with Gasteiger partial charge < -0.3 is 11.2 Å². The molecule has 0 atom stereocenters. The van der Waals surface area contributed by atoms with Crippen LogP contribution < -0.4 is 11.2 Å². The normalized spacial score (nSPS) is 11.6. The highest BCUT2D eigenvalue weighted by atomic mass is 32.2. The molecule has 0 aromatic carbocycles. The third-order valence-corrected chi connectivity index (χ3v) is 3.30. The van der Waals surface area contributed by atoms with Gasteiger partial charge in [-0.15, -0.1) is 10.2 Å². The number of halogens is 3. The first-order valence-corrected chi connectivity index (χ1v) is 7.02. The van der Waals surface area contributed by atoms with Crippen molar-refractivity contribution in [2.75, 3.05) is 18.1 Å². The summed E-state index contributed by atoms with van der Waals surface area (Å²) in [4.78, 5) is 11.4. The van der Waals surface area contributed by atoms with Gasteiger partial charge in [0.15, 0.2) is 0 Å². The fourth-order valence-electron chi connectivity index (χ4n) is 1.35. The van der Waals surface area contributed by atoms with Crippen molar-refractivity contribution in [3.63, 3.8) is 0 Å². The van der Waals surface area contributed by atoms with E-state index in [2.05, 4.69) is 15.5 Å². The number of nitrogen functional groups attached to an aromatic ring is 1. The Balaban J connectivity index is 2.42. The maximum absolute atomic E-state index is 12.4. The molecular formula is C10H16F3N5OS. The summed E-state index contributed by atoms with van der Waals surface area (Å²) in [7, 11) is 0. The Morgan fingerprint density at radius 2 is 2.10 bits per heavy atom. The van der Waals surface area contributed by atoms with Crippen LogP contribution in [0.1, 0.15) is 32.0 Å². The van der Waals surface area contributed by atoms with Crippen LogP contribution in [0.3, 0.4) is 0 Å². The van der Waals surface area contributed by atoms with Crippen molar-refractivity contribution < 1.29 is 18.0 Å². The Bertz CT molecular complexity index is 449. The van der Waals surface area contributed by atoms with E-state index in [9.17, 15) is 18.0 Å². The molecule has 0 bridgehead atoms. The molecular weight excluding hydrogens is 295 g/mol. The van der Waals surface area contributed by atoms with Gasteiger partial charge >= 0.3 is 6.18 Å². The number of carbonyl (C=O) groups is 1. The third kappa shape index (κ3) is 4.91. The zero-order valence-electron chi connectivity index (χ0n) is 10.9. The smallest absolute Gasteiger partial charge is 0.355 e. The van der Waals surface area contributed by atoms with E-state index < -0.39 is 12.0 Å². The summed E-state index contributed by atoms with van der Waals surface area (Å²) in [6.45, 7) is 2.60. The van der Waals surface area contributed by atoms with Crippen LogP contribution in [-0.2, 0) is 11.0 Å². The molecule has 0 aliphatic heterocycles. The van der Waals surface area contributed by atoms with Gasteiger partial charge in [-0.25, -0.2) is 4.68 Å². The number of unbranched alkanes of at least 4 members (excludes halogenated alkanes) is 2. The predicted octanol–water partition coefficient (Wildman–Crippen LogP) is 1.41. The number of aromatic nitrogens is 3. The fourth-order valence-corrected chi connectivity index (χ4v) is 2.04. The van der Waals surface area contributed by atoms with Gasteiger partial charge in [-0.2, -0.15) is 13.2 Å². The highest BCUT2D eigenvalue weighted by Gasteiger charge is 2.38. The number of alkyl halides is 3. The molecule has 0 fully saturated rings. The molecule has 1 aromatic heterocycles. The minimum atomic E-state index is -4.66. The monoisotopic (exact) mass is 311 g/mol. The molecule has 0 aliphatic rings. The predicted molar refractivity (Wildman–Crippen MR) is 68.4 cm³/mol. The summed E-state index contributed by atoms with van der Waals surface area (Å²) in [5.74, 6) is 3.61. The second-order valence-electron chi connectivity index (χ2n) is 4.02. The van der Waals surface area contributed by atoms with Crippen LogP contribution >= 0.6 is 11.8 Å². The molecule has 1 rings (SSSR count). The van der Waals surface area contributed by atoms with E-state index >= 15 is 0 Å². The van der Waals surface area contributed by atoms with Crippen LogP contribution in [0.4, 0.5) is 13.2 Å². The van der Waals surface area contributed by atoms with Gasteiger partial charge in [-0.05, 0) is 6.42 Å². The minimum Gasteiger partial charge on any atom is -0.355 e.